The first-order chi connectivity index (χ1) is 6.98. The Hall–Kier alpha value is -1.07. The lowest BCUT2D eigenvalue weighted by Crippen LogP contribution is -2.22. The zero-order valence-electron chi connectivity index (χ0n) is 8.40. The summed E-state index contributed by atoms with van der Waals surface area (Å²) in [5.74, 6) is 0.481. The van der Waals surface area contributed by atoms with Crippen LogP contribution in [0.25, 0.3) is 0 Å². The van der Waals surface area contributed by atoms with Gasteiger partial charge in [-0.1, -0.05) is 19.1 Å². The SMILES string of the molecule is C[C@H]1CNc2c(cccc2S(=O)(=O)O)C1. The van der Waals surface area contributed by atoms with Crippen molar-refractivity contribution in [3.05, 3.63) is 23.8 Å². The lowest BCUT2D eigenvalue weighted by atomic mass is 9.96. The average molecular weight is 227 g/mol. The van der Waals surface area contributed by atoms with Gasteiger partial charge in [0, 0.05) is 6.54 Å². The van der Waals surface area contributed by atoms with Crippen LogP contribution in [0.5, 0.6) is 0 Å². The van der Waals surface area contributed by atoms with Crippen LogP contribution in [-0.2, 0) is 16.5 Å². The fraction of sp³-hybridized carbons (Fsp3) is 0.400. The molecule has 0 saturated carbocycles. The Balaban J connectivity index is 2.56. The predicted molar refractivity (Wildman–Crippen MR) is 57.6 cm³/mol. The first-order valence-corrected chi connectivity index (χ1v) is 6.26. The fourth-order valence-electron chi connectivity index (χ4n) is 1.89. The van der Waals surface area contributed by atoms with Gasteiger partial charge in [0.2, 0.25) is 0 Å². The lowest BCUT2D eigenvalue weighted by Gasteiger charge is -2.24. The van der Waals surface area contributed by atoms with Gasteiger partial charge in [-0.15, -0.1) is 0 Å². The molecule has 15 heavy (non-hydrogen) atoms. The van der Waals surface area contributed by atoms with Gasteiger partial charge in [0.05, 0.1) is 5.69 Å². The van der Waals surface area contributed by atoms with Gasteiger partial charge < -0.3 is 5.32 Å². The van der Waals surface area contributed by atoms with Crippen molar-refractivity contribution in [3.63, 3.8) is 0 Å². The van der Waals surface area contributed by atoms with E-state index in [0.29, 0.717) is 11.6 Å². The van der Waals surface area contributed by atoms with Crippen LogP contribution < -0.4 is 5.32 Å². The number of fused-ring (bicyclic) bond motifs is 1. The van der Waals surface area contributed by atoms with Crippen molar-refractivity contribution in [2.24, 2.45) is 5.92 Å². The molecule has 5 heteroatoms. The molecule has 1 heterocycles. The van der Waals surface area contributed by atoms with Crippen LogP contribution in [-0.4, -0.2) is 19.5 Å². The van der Waals surface area contributed by atoms with E-state index in [0.717, 1.165) is 18.5 Å². The van der Waals surface area contributed by atoms with Crippen LogP contribution in [0.1, 0.15) is 12.5 Å². The lowest BCUT2D eigenvalue weighted by molar-refractivity contribution is 0.482. The van der Waals surface area contributed by atoms with Crippen molar-refractivity contribution in [1.29, 1.82) is 0 Å². The number of nitrogens with one attached hydrogen (secondary N) is 1. The molecule has 0 aliphatic carbocycles. The molecule has 1 aromatic carbocycles. The van der Waals surface area contributed by atoms with Crippen LogP contribution in [0.3, 0.4) is 0 Å². The van der Waals surface area contributed by atoms with Crippen molar-refractivity contribution in [3.8, 4) is 0 Å². The molecule has 1 aliphatic heterocycles. The summed E-state index contributed by atoms with van der Waals surface area (Å²) in [6, 6.07) is 4.95. The molecule has 1 atom stereocenters. The molecular weight excluding hydrogens is 214 g/mol. The number of rotatable bonds is 1. The zero-order chi connectivity index (χ0) is 11.1. The van der Waals surface area contributed by atoms with E-state index in [1.54, 1.807) is 6.07 Å². The second-order valence-corrected chi connectivity index (χ2v) is 5.35. The Labute approximate surface area is 89.1 Å². The van der Waals surface area contributed by atoms with Crippen LogP contribution in [0.4, 0.5) is 5.69 Å². The van der Waals surface area contributed by atoms with E-state index >= 15 is 0 Å². The smallest absolute Gasteiger partial charge is 0.296 e. The quantitative estimate of drug-likeness (QED) is 0.714. The Morgan fingerprint density at radius 2 is 2.20 bits per heavy atom. The standard InChI is InChI=1S/C10H13NO3S/c1-7-5-8-3-2-4-9(15(12,13)14)10(8)11-6-7/h2-4,7,11H,5-6H2,1H3,(H,12,13,14)/t7-/m1/s1. The maximum Gasteiger partial charge on any atom is 0.296 e. The fourth-order valence-corrected chi connectivity index (χ4v) is 2.60. The molecule has 2 rings (SSSR count). The first kappa shape index (κ1) is 10.4. The van der Waals surface area contributed by atoms with Gasteiger partial charge in [-0.05, 0) is 24.0 Å². The van der Waals surface area contributed by atoms with Gasteiger partial charge in [-0.3, -0.25) is 4.55 Å². The summed E-state index contributed by atoms with van der Waals surface area (Å²) >= 11 is 0. The minimum Gasteiger partial charge on any atom is -0.383 e. The molecule has 4 nitrogen and oxygen atoms in total. The van der Waals surface area contributed by atoms with Gasteiger partial charge in [-0.2, -0.15) is 8.42 Å². The third kappa shape index (κ3) is 1.98. The summed E-state index contributed by atoms with van der Waals surface area (Å²) in [6.07, 6.45) is 0.839. The second-order valence-electron chi connectivity index (χ2n) is 3.96. The zero-order valence-corrected chi connectivity index (χ0v) is 9.21. The molecule has 1 aliphatic rings. The van der Waals surface area contributed by atoms with Gasteiger partial charge in [-0.25, -0.2) is 0 Å². The Morgan fingerprint density at radius 3 is 2.87 bits per heavy atom. The van der Waals surface area contributed by atoms with Crippen molar-refractivity contribution in [2.45, 2.75) is 18.2 Å². The predicted octanol–water partition coefficient (Wildman–Crippen LogP) is 1.54. The molecular formula is C10H13NO3S. The molecule has 0 saturated heterocycles. The number of para-hydroxylation sites is 1. The summed E-state index contributed by atoms with van der Waals surface area (Å²) in [7, 11) is -4.12. The van der Waals surface area contributed by atoms with Crippen LogP contribution in [0.2, 0.25) is 0 Å². The van der Waals surface area contributed by atoms with Crippen molar-refractivity contribution in [2.75, 3.05) is 11.9 Å². The van der Waals surface area contributed by atoms with Crippen molar-refractivity contribution in [1.82, 2.24) is 0 Å². The molecule has 1 aromatic rings. The van der Waals surface area contributed by atoms with E-state index < -0.39 is 10.1 Å². The van der Waals surface area contributed by atoms with Crippen LogP contribution in [0.15, 0.2) is 23.1 Å². The van der Waals surface area contributed by atoms with Crippen LogP contribution in [0, 0.1) is 5.92 Å². The van der Waals surface area contributed by atoms with Gasteiger partial charge in [0.25, 0.3) is 10.1 Å². The largest absolute Gasteiger partial charge is 0.383 e. The van der Waals surface area contributed by atoms with Gasteiger partial charge in [0.1, 0.15) is 4.90 Å². The highest BCUT2D eigenvalue weighted by Gasteiger charge is 2.22. The minimum atomic E-state index is -4.12. The second kappa shape index (κ2) is 3.50. The molecule has 0 amide bonds. The third-order valence-corrected chi connectivity index (χ3v) is 3.48. The normalized spacial score (nSPS) is 20.5. The maximum absolute atomic E-state index is 11.1. The molecule has 82 valence electrons. The summed E-state index contributed by atoms with van der Waals surface area (Å²) < 4.78 is 31.2. The number of hydrogen-bond acceptors (Lipinski definition) is 3. The van der Waals surface area contributed by atoms with Crippen molar-refractivity contribution < 1.29 is 13.0 Å². The molecule has 2 N–H and O–H groups in total. The Kier molecular flexibility index (Phi) is 2.44. The number of hydrogen-bond donors (Lipinski definition) is 2. The minimum absolute atomic E-state index is 0.0214. The van der Waals surface area contributed by atoms with E-state index in [-0.39, 0.29) is 4.90 Å². The molecule has 0 aromatic heterocycles. The highest BCUT2D eigenvalue weighted by molar-refractivity contribution is 7.86. The molecule has 0 radical (unpaired) electrons. The highest BCUT2D eigenvalue weighted by atomic mass is 32.2. The molecule has 0 unspecified atom stereocenters. The molecule has 0 bridgehead atoms. The van der Waals surface area contributed by atoms with Crippen molar-refractivity contribution >= 4 is 15.8 Å². The summed E-state index contributed by atoms with van der Waals surface area (Å²) in [4.78, 5) is -0.0214. The maximum atomic E-state index is 11.1. The van der Waals surface area contributed by atoms with E-state index in [4.69, 9.17) is 4.55 Å². The number of benzene rings is 1. The summed E-state index contributed by atoms with van der Waals surface area (Å²) in [5, 5.41) is 3.05. The topological polar surface area (TPSA) is 66.4 Å². The average Bonchev–Trinajstić information content (AvgIpc) is 2.15. The van der Waals surface area contributed by atoms with Crippen LogP contribution >= 0.6 is 0 Å². The third-order valence-electron chi connectivity index (χ3n) is 2.59. The first-order valence-electron chi connectivity index (χ1n) is 4.82. The van der Waals surface area contributed by atoms with Gasteiger partial charge in [0.15, 0.2) is 0 Å². The van der Waals surface area contributed by atoms with Gasteiger partial charge >= 0.3 is 0 Å². The van der Waals surface area contributed by atoms with E-state index in [9.17, 15) is 8.42 Å². The Morgan fingerprint density at radius 1 is 1.47 bits per heavy atom. The molecule has 0 fully saturated rings. The van der Waals surface area contributed by atoms with E-state index in [1.165, 1.54) is 6.07 Å². The monoisotopic (exact) mass is 227 g/mol. The highest BCUT2D eigenvalue weighted by Crippen LogP contribution is 2.30. The summed E-state index contributed by atoms with van der Waals surface area (Å²) in [5.41, 5.74) is 1.50. The molecule has 0 spiro atoms. The van der Waals surface area contributed by atoms with E-state index in [2.05, 4.69) is 12.2 Å². The number of anilines is 1. The summed E-state index contributed by atoms with van der Waals surface area (Å²) in [6.45, 7) is 2.83. The van der Waals surface area contributed by atoms with E-state index in [1.807, 2.05) is 6.07 Å². The Bertz CT molecular complexity index is 481.